The minimum atomic E-state index is -0.540. The van der Waals surface area contributed by atoms with Gasteiger partial charge in [-0.15, -0.1) is 0 Å². The average molecular weight is 723 g/mol. The fourth-order valence-corrected chi connectivity index (χ4v) is 6.28. The Morgan fingerprint density at radius 2 is 0.962 bits per heavy atom. The van der Waals surface area contributed by atoms with E-state index in [1.54, 1.807) is 24.3 Å². The number of benzene rings is 2. The van der Waals surface area contributed by atoms with Crippen LogP contribution in [0.15, 0.2) is 36.4 Å². The number of rotatable bonds is 26. The fourth-order valence-electron chi connectivity index (χ4n) is 6.28. The first-order chi connectivity index (χ1) is 25.2. The van der Waals surface area contributed by atoms with Gasteiger partial charge in [0.25, 0.3) is 11.8 Å². The van der Waals surface area contributed by atoms with Crippen LogP contribution in [0.3, 0.4) is 0 Å². The second-order valence-electron chi connectivity index (χ2n) is 14.2. The van der Waals surface area contributed by atoms with E-state index in [4.69, 9.17) is 0 Å². The smallest absolute Gasteiger partial charge is 0.273 e. The van der Waals surface area contributed by atoms with Gasteiger partial charge in [0.15, 0.2) is 0 Å². The first-order valence-electron chi connectivity index (χ1n) is 20.0. The molecule has 0 aliphatic carbocycles. The molecule has 0 spiro atoms. The third kappa shape index (κ3) is 17.4. The average Bonchev–Trinajstić information content (AvgIpc) is 3.14. The molecule has 4 amide bonds. The van der Waals surface area contributed by atoms with Crippen molar-refractivity contribution in [1.82, 2.24) is 21.7 Å². The summed E-state index contributed by atoms with van der Waals surface area (Å²) < 4.78 is 0. The summed E-state index contributed by atoms with van der Waals surface area (Å²) >= 11 is 0. The highest BCUT2D eigenvalue weighted by molar-refractivity contribution is 5.98. The van der Waals surface area contributed by atoms with E-state index >= 15 is 0 Å². The van der Waals surface area contributed by atoms with Gasteiger partial charge in [-0.1, -0.05) is 141 Å². The molecule has 2 aromatic rings. The number of hydrogen-bond acceptors (Lipinski definition) is 6. The van der Waals surface area contributed by atoms with E-state index in [-0.39, 0.29) is 46.8 Å². The maximum Gasteiger partial charge on any atom is 0.273 e. The molecule has 0 bridgehead atoms. The summed E-state index contributed by atoms with van der Waals surface area (Å²) in [5.74, 6) is -1.96. The lowest BCUT2D eigenvalue weighted by Crippen LogP contribution is -2.44. The Balaban J connectivity index is 1.55. The molecule has 0 saturated heterocycles. The largest absolute Gasteiger partial charge is 0.507 e. The number of amides is 4. The maximum atomic E-state index is 12.7. The van der Waals surface area contributed by atoms with Crippen molar-refractivity contribution in [3.8, 4) is 11.5 Å². The molecule has 0 aromatic heterocycles. The van der Waals surface area contributed by atoms with Crippen molar-refractivity contribution in [3.63, 3.8) is 0 Å². The summed E-state index contributed by atoms with van der Waals surface area (Å²) in [6.45, 7) is 6.20. The van der Waals surface area contributed by atoms with Crippen LogP contribution in [0.2, 0.25) is 0 Å². The summed E-state index contributed by atoms with van der Waals surface area (Å²) in [4.78, 5) is 50.1. The predicted octanol–water partition coefficient (Wildman–Crippen LogP) is 8.88. The lowest BCUT2D eigenvalue weighted by molar-refractivity contribution is -0.125. The first-order valence-corrected chi connectivity index (χ1v) is 20.0. The molecule has 290 valence electrons. The number of carbonyl (C=O) groups is 4. The Morgan fingerprint density at radius 1 is 0.538 bits per heavy atom. The van der Waals surface area contributed by atoms with Gasteiger partial charge < -0.3 is 10.2 Å². The molecule has 10 nitrogen and oxygen atoms in total. The summed E-state index contributed by atoms with van der Waals surface area (Å²) in [6.07, 6.45) is 21.5. The van der Waals surface area contributed by atoms with Gasteiger partial charge in [0, 0.05) is 12.3 Å². The molecule has 52 heavy (non-hydrogen) atoms. The zero-order valence-electron chi connectivity index (χ0n) is 32.1. The number of hydrazine groups is 2. The monoisotopic (exact) mass is 722 g/mol. The molecule has 6 N–H and O–H groups in total. The molecule has 0 saturated carbocycles. The van der Waals surface area contributed by atoms with Gasteiger partial charge in [-0.25, -0.2) is 0 Å². The van der Waals surface area contributed by atoms with Gasteiger partial charge in [-0.3, -0.25) is 40.9 Å². The predicted molar refractivity (Wildman–Crippen MR) is 208 cm³/mol. The van der Waals surface area contributed by atoms with Gasteiger partial charge in [-0.2, -0.15) is 0 Å². The van der Waals surface area contributed by atoms with Crippen molar-refractivity contribution in [2.45, 2.75) is 162 Å². The SMILES string of the molecule is CCCCCCCCc1cccc(C(=O)NNC(=O)CCCCCCCCC(C)C(=O)NNC(=O)c2cccc(CCCCCCCC)c2O)c1O. The number of unbranched alkanes of at least 4 members (excludes halogenated alkanes) is 15. The van der Waals surface area contributed by atoms with E-state index in [9.17, 15) is 29.4 Å². The number of para-hydroxylation sites is 2. The van der Waals surface area contributed by atoms with Crippen molar-refractivity contribution >= 4 is 23.6 Å². The second-order valence-corrected chi connectivity index (χ2v) is 14.2. The Hall–Kier alpha value is -4.08. The lowest BCUT2D eigenvalue weighted by Gasteiger charge is -2.14. The quantitative estimate of drug-likeness (QED) is 0.0421. The molecule has 1 atom stereocenters. The van der Waals surface area contributed by atoms with E-state index in [0.717, 1.165) is 68.9 Å². The molecule has 2 rings (SSSR count). The highest BCUT2D eigenvalue weighted by Crippen LogP contribution is 2.26. The van der Waals surface area contributed by atoms with E-state index in [2.05, 4.69) is 35.6 Å². The van der Waals surface area contributed by atoms with E-state index < -0.39 is 11.8 Å². The summed E-state index contributed by atoms with van der Waals surface area (Å²) in [5, 5.41) is 21.3. The zero-order valence-corrected chi connectivity index (χ0v) is 32.1. The molecule has 10 heteroatoms. The minimum absolute atomic E-state index is 0.0268. The minimum Gasteiger partial charge on any atom is -0.507 e. The van der Waals surface area contributed by atoms with Crippen LogP contribution in [0.5, 0.6) is 11.5 Å². The number of phenols is 2. The standard InChI is InChI=1S/C42H66N4O6/c1-4-6-8-10-15-19-25-33-27-22-29-35(38(33)48)41(51)45-43-37(47)31-21-17-13-12-14-18-24-32(3)40(50)44-46-42(52)36-30-23-28-34(39(36)49)26-20-16-11-9-7-5-2/h22-23,27-30,32,48-49H,4-21,24-26,31H2,1-3H3,(H,43,47)(H,44,50)(H,45,51)(H,46,52). The van der Waals surface area contributed by atoms with Crippen LogP contribution in [0.4, 0.5) is 0 Å². The van der Waals surface area contributed by atoms with E-state index in [1.165, 1.54) is 51.4 Å². The number of aromatic hydroxyl groups is 2. The van der Waals surface area contributed by atoms with Crippen molar-refractivity contribution in [2.24, 2.45) is 5.92 Å². The third-order valence-electron chi connectivity index (χ3n) is 9.68. The Labute approximate surface area is 312 Å². The fraction of sp³-hybridized carbons (Fsp3) is 0.619. The van der Waals surface area contributed by atoms with Crippen LogP contribution in [-0.4, -0.2) is 33.8 Å². The van der Waals surface area contributed by atoms with Crippen LogP contribution >= 0.6 is 0 Å². The number of nitrogens with one attached hydrogen (secondary N) is 4. The van der Waals surface area contributed by atoms with E-state index in [0.29, 0.717) is 25.7 Å². The van der Waals surface area contributed by atoms with Crippen LogP contribution in [-0.2, 0) is 22.4 Å². The molecular weight excluding hydrogens is 656 g/mol. The van der Waals surface area contributed by atoms with Crippen molar-refractivity contribution in [2.75, 3.05) is 0 Å². The van der Waals surface area contributed by atoms with Gasteiger partial charge in [0.2, 0.25) is 11.8 Å². The molecule has 2 aromatic carbocycles. The highest BCUT2D eigenvalue weighted by Gasteiger charge is 2.18. The van der Waals surface area contributed by atoms with Crippen LogP contribution in [0, 0.1) is 5.92 Å². The molecule has 0 aliphatic heterocycles. The zero-order chi connectivity index (χ0) is 38.0. The third-order valence-corrected chi connectivity index (χ3v) is 9.68. The number of carbonyl (C=O) groups excluding carboxylic acids is 4. The highest BCUT2D eigenvalue weighted by atomic mass is 16.3. The first kappa shape index (κ1) is 44.1. The van der Waals surface area contributed by atoms with E-state index in [1.807, 2.05) is 19.1 Å². The van der Waals surface area contributed by atoms with Crippen molar-refractivity contribution in [1.29, 1.82) is 0 Å². The van der Waals surface area contributed by atoms with Crippen molar-refractivity contribution in [3.05, 3.63) is 58.7 Å². The molecule has 0 heterocycles. The summed E-state index contributed by atoms with van der Waals surface area (Å²) in [7, 11) is 0. The topological polar surface area (TPSA) is 157 Å². The normalized spacial score (nSPS) is 11.5. The van der Waals surface area contributed by atoms with Gasteiger partial charge >= 0.3 is 0 Å². The molecule has 1 unspecified atom stereocenters. The van der Waals surface area contributed by atoms with Gasteiger partial charge in [-0.05, 0) is 61.8 Å². The Kier molecular flexibility index (Phi) is 22.6. The second kappa shape index (κ2) is 26.7. The van der Waals surface area contributed by atoms with Crippen LogP contribution in [0.1, 0.15) is 181 Å². The van der Waals surface area contributed by atoms with Crippen molar-refractivity contribution < 1.29 is 29.4 Å². The maximum absolute atomic E-state index is 12.7. The Morgan fingerprint density at radius 3 is 1.46 bits per heavy atom. The molecular formula is C42H66N4O6. The van der Waals surface area contributed by atoms with Crippen LogP contribution in [0.25, 0.3) is 0 Å². The summed E-state index contributed by atoms with van der Waals surface area (Å²) in [6, 6.07) is 10.3. The Bertz CT molecular complexity index is 1360. The van der Waals surface area contributed by atoms with Gasteiger partial charge in [0.05, 0.1) is 11.1 Å². The van der Waals surface area contributed by atoms with Gasteiger partial charge in [0.1, 0.15) is 11.5 Å². The number of aryl methyl sites for hydroxylation is 2. The lowest BCUT2D eigenvalue weighted by atomic mass is 10.0. The number of phenolic OH excluding ortho intramolecular Hbond substituents is 2. The van der Waals surface area contributed by atoms with Crippen LogP contribution < -0.4 is 21.7 Å². The molecule has 0 aliphatic rings. The molecule has 0 fully saturated rings. The molecule has 0 radical (unpaired) electrons. The number of hydrogen-bond donors (Lipinski definition) is 6. The summed E-state index contributed by atoms with van der Waals surface area (Å²) in [5.41, 5.74) is 11.6.